The van der Waals surface area contributed by atoms with Crippen molar-refractivity contribution >= 4 is 17.9 Å². The van der Waals surface area contributed by atoms with Gasteiger partial charge in [0.25, 0.3) is 11.8 Å². The van der Waals surface area contributed by atoms with Crippen molar-refractivity contribution in [3.8, 4) is 11.8 Å². The molecule has 0 saturated carbocycles. The van der Waals surface area contributed by atoms with Crippen LogP contribution in [-0.2, 0) is 11.3 Å². The third-order valence-corrected chi connectivity index (χ3v) is 7.80. The van der Waals surface area contributed by atoms with Crippen LogP contribution in [0.3, 0.4) is 0 Å². The second-order valence-electron chi connectivity index (χ2n) is 12.7. The van der Waals surface area contributed by atoms with Crippen LogP contribution in [0.5, 0.6) is 0 Å². The van der Waals surface area contributed by atoms with Gasteiger partial charge in [0, 0.05) is 55.5 Å². The lowest BCUT2D eigenvalue weighted by molar-refractivity contribution is 0.0523. The summed E-state index contributed by atoms with van der Waals surface area (Å²) in [6.45, 7) is 10.1. The summed E-state index contributed by atoms with van der Waals surface area (Å²) in [6.07, 6.45) is 3.32. The number of likely N-dealkylation sites (tertiary alicyclic amines) is 1. The molecule has 3 aromatic carbocycles. The molecule has 0 radical (unpaired) electrons. The van der Waals surface area contributed by atoms with Crippen molar-refractivity contribution in [3.63, 3.8) is 0 Å². The molecule has 4 rings (SSSR count). The van der Waals surface area contributed by atoms with Crippen molar-refractivity contribution in [1.82, 2.24) is 15.1 Å². The number of carbonyl (C=O) groups excluding carboxylic acids is 3. The number of ether oxygens (including phenoxy) is 1. The summed E-state index contributed by atoms with van der Waals surface area (Å²) in [7, 11) is 1.83. The van der Waals surface area contributed by atoms with E-state index in [1.54, 1.807) is 4.90 Å². The van der Waals surface area contributed by atoms with Crippen molar-refractivity contribution in [3.05, 3.63) is 106 Å². The molecule has 7 nitrogen and oxygen atoms in total. The summed E-state index contributed by atoms with van der Waals surface area (Å²) in [5, 5.41) is 2.83. The first-order valence-corrected chi connectivity index (χ1v) is 15.8. The second kappa shape index (κ2) is 15.4. The Hall–Kier alpha value is -4.57. The van der Waals surface area contributed by atoms with Crippen molar-refractivity contribution < 1.29 is 19.1 Å². The van der Waals surface area contributed by atoms with Gasteiger partial charge in [-0.25, -0.2) is 4.79 Å². The zero-order chi connectivity index (χ0) is 32.4. The summed E-state index contributed by atoms with van der Waals surface area (Å²) in [6, 6.07) is 23.1. The van der Waals surface area contributed by atoms with Crippen molar-refractivity contribution in [1.29, 1.82) is 0 Å². The minimum absolute atomic E-state index is 0.00799. The number of carbonyl (C=O) groups is 3. The van der Waals surface area contributed by atoms with E-state index < -0.39 is 11.7 Å². The van der Waals surface area contributed by atoms with Gasteiger partial charge in [0.05, 0.1) is 0 Å². The van der Waals surface area contributed by atoms with Gasteiger partial charge in [-0.05, 0) is 93.5 Å². The van der Waals surface area contributed by atoms with Gasteiger partial charge >= 0.3 is 6.09 Å². The molecule has 0 aliphatic carbocycles. The molecule has 236 valence electrons. The third-order valence-electron chi connectivity index (χ3n) is 7.80. The van der Waals surface area contributed by atoms with E-state index in [4.69, 9.17) is 4.74 Å². The first kappa shape index (κ1) is 33.3. The Balaban J connectivity index is 1.34. The predicted octanol–water partition coefficient (Wildman–Crippen LogP) is 7.00. The van der Waals surface area contributed by atoms with Crippen LogP contribution in [0, 0.1) is 11.8 Å². The SMILES string of the molecule is CCCCN(C)C(=O)c1cccc(C#Cc2cccc(C(=O)N3CCC(c4cccc(CNC(=O)OC(C)(C)C)c4)CC3)c2)c1. The number of amides is 3. The van der Waals surface area contributed by atoms with Crippen LogP contribution >= 0.6 is 0 Å². The number of piperidine rings is 1. The van der Waals surface area contributed by atoms with E-state index in [9.17, 15) is 14.4 Å². The standard InChI is InChI=1S/C38H45N3O4/c1-6-7-21-40(5)35(42)33-15-8-11-28(24-33)17-18-29-12-9-16-34(25-29)36(43)41-22-19-31(20-23-41)32-14-10-13-30(26-32)27-39-37(44)45-38(2,3)4/h8-16,24-26,31H,6-7,19-23,27H2,1-5H3,(H,39,44). The highest BCUT2D eigenvalue weighted by Crippen LogP contribution is 2.29. The largest absolute Gasteiger partial charge is 0.444 e. The Labute approximate surface area is 268 Å². The van der Waals surface area contributed by atoms with E-state index in [1.807, 2.05) is 93.4 Å². The fourth-order valence-electron chi connectivity index (χ4n) is 5.37. The van der Waals surface area contributed by atoms with Crippen LogP contribution in [0.25, 0.3) is 0 Å². The molecule has 1 N–H and O–H groups in total. The molecular weight excluding hydrogens is 562 g/mol. The molecule has 7 heteroatoms. The fraction of sp³-hybridized carbons (Fsp3) is 0.395. The topological polar surface area (TPSA) is 79.0 Å². The van der Waals surface area contributed by atoms with Crippen LogP contribution < -0.4 is 5.32 Å². The lowest BCUT2D eigenvalue weighted by Gasteiger charge is -2.32. The van der Waals surface area contributed by atoms with E-state index in [1.165, 1.54) is 5.56 Å². The van der Waals surface area contributed by atoms with E-state index >= 15 is 0 Å². The van der Waals surface area contributed by atoms with E-state index in [-0.39, 0.29) is 11.8 Å². The van der Waals surface area contributed by atoms with Gasteiger partial charge in [-0.2, -0.15) is 0 Å². The molecule has 45 heavy (non-hydrogen) atoms. The number of benzene rings is 3. The quantitative estimate of drug-likeness (QED) is 0.280. The zero-order valence-corrected chi connectivity index (χ0v) is 27.2. The van der Waals surface area contributed by atoms with Crippen molar-refractivity contribution in [2.24, 2.45) is 0 Å². The second-order valence-corrected chi connectivity index (χ2v) is 12.7. The van der Waals surface area contributed by atoms with Gasteiger partial charge in [0.15, 0.2) is 0 Å². The fourth-order valence-corrected chi connectivity index (χ4v) is 5.37. The molecule has 0 spiro atoms. The molecule has 0 unspecified atom stereocenters. The molecule has 1 fully saturated rings. The predicted molar refractivity (Wildman–Crippen MR) is 178 cm³/mol. The Morgan fingerprint density at radius 2 is 1.53 bits per heavy atom. The lowest BCUT2D eigenvalue weighted by Crippen LogP contribution is -2.38. The lowest BCUT2D eigenvalue weighted by atomic mass is 9.88. The number of rotatable bonds is 8. The molecule has 1 aliphatic rings. The monoisotopic (exact) mass is 607 g/mol. The van der Waals surface area contributed by atoms with Gasteiger partial charge in [-0.3, -0.25) is 9.59 Å². The van der Waals surface area contributed by atoms with Crippen LogP contribution in [0.2, 0.25) is 0 Å². The Kier molecular flexibility index (Phi) is 11.4. The maximum atomic E-state index is 13.4. The molecule has 3 aromatic rings. The average Bonchev–Trinajstić information content (AvgIpc) is 3.04. The van der Waals surface area contributed by atoms with Gasteiger partial charge in [-0.15, -0.1) is 0 Å². The van der Waals surface area contributed by atoms with Gasteiger partial charge < -0.3 is 19.9 Å². The van der Waals surface area contributed by atoms with Gasteiger partial charge in [0.1, 0.15) is 5.60 Å². The first-order chi connectivity index (χ1) is 21.5. The number of nitrogens with zero attached hydrogens (tertiary/aromatic N) is 2. The van der Waals surface area contributed by atoms with Gasteiger partial charge in [0.2, 0.25) is 0 Å². The maximum Gasteiger partial charge on any atom is 0.407 e. The number of nitrogens with one attached hydrogen (secondary N) is 1. The Morgan fingerprint density at radius 1 is 0.911 bits per heavy atom. The van der Waals surface area contributed by atoms with Crippen molar-refractivity contribution in [2.75, 3.05) is 26.7 Å². The summed E-state index contributed by atoms with van der Waals surface area (Å²) in [5.41, 5.74) is 4.46. The minimum atomic E-state index is -0.536. The van der Waals surface area contributed by atoms with E-state index in [2.05, 4.69) is 36.2 Å². The minimum Gasteiger partial charge on any atom is -0.444 e. The van der Waals surface area contributed by atoms with Crippen LogP contribution in [0.15, 0.2) is 72.8 Å². The number of alkyl carbamates (subject to hydrolysis) is 1. The molecular formula is C38H45N3O4. The highest BCUT2D eigenvalue weighted by atomic mass is 16.6. The molecule has 3 amide bonds. The first-order valence-electron chi connectivity index (χ1n) is 15.8. The molecule has 0 bridgehead atoms. The molecule has 0 atom stereocenters. The van der Waals surface area contributed by atoms with Crippen LogP contribution in [-0.4, -0.2) is 60.0 Å². The molecule has 1 saturated heterocycles. The highest BCUT2D eigenvalue weighted by molar-refractivity contribution is 5.95. The summed E-state index contributed by atoms with van der Waals surface area (Å²) in [4.78, 5) is 41.9. The van der Waals surface area contributed by atoms with Gasteiger partial charge in [-0.1, -0.05) is 61.6 Å². The number of unbranched alkanes of at least 4 members (excludes halogenated alkanes) is 1. The van der Waals surface area contributed by atoms with E-state index in [0.29, 0.717) is 36.7 Å². The Morgan fingerprint density at radius 3 is 2.18 bits per heavy atom. The molecule has 0 aromatic heterocycles. The van der Waals surface area contributed by atoms with Crippen molar-refractivity contribution in [2.45, 2.75) is 71.4 Å². The van der Waals surface area contributed by atoms with Crippen LogP contribution in [0.4, 0.5) is 4.79 Å². The zero-order valence-electron chi connectivity index (χ0n) is 27.2. The molecule has 1 heterocycles. The smallest absolute Gasteiger partial charge is 0.407 e. The maximum absolute atomic E-state index is 13.4. The summed E-state index contributed by atoms with van der Waals surface area (Å²) >= 11 is 0. The number of hydrogen-bond donors (Lipinski definition) is 1. The third kappa shape index (κ3) is 9.97. The summed E-state index contributed by atoms with van der Waals surface area (Å²) in [5.74, 6) is 6.68. The van der Waals surface area contributed by atoms with Crippen LogP contribution in [0.1, 0.15) is 102 Å². The normalized spacial score (nSPS) is 13.4. The molecule has 1 aliphatic heterocycles. The van der Waals surface area contributed by atoms with E-state index in [0.717, 1.165) is 48.9 Å². The highest BCUT2D eigenvalue weighted by Gasteiger charge is 2.25. The summed E-state index contributed by atoms with van der Waals surface area (Å²) < 4.78 is 5.34. The average molecular weight is 608 g/mol. The number of hydrogen-bond acceptors (Lipinski definition) is 4. The Bertz CT molecular complexity index is 1550.